The van der Waals surface area contributed by atoms with Gasteiger partial charge in [-0.15, -0.1) is 0 Å². The van der Waals surface area contributed by atoms with Gasteiger partial charge >= 0.3 is 0 Å². The number of aliphatic hydroxyl groups is 2. The van der Waals surface area contributed by atoms with Crippen LogP contribution in [-0.2, 0) is 4.79 Å². The van der Waals surface area contributed by atoms with Crippen molar-refractivity contribution in [2.45, 2.75) is 32.5 Å². The van der Waals surface area contributed by atoms with E-state index in [1.54, 1.807) is 0 Å². The van der Waals surface area contributed by atoms with Gasteiger partial charge in [0.05, 0.1) is 0 Å². The minimum atomic E-state index is -0.940. The van der Waals surface area contributed by atoms with Crippen molar-refractivity contribution in [1.29, 1.82) is 0 Å². The molecule has 3 atom stereocenters. The third kappa shape index (κ3) is 1.44. The van der Waals surface area contributed by atoms with Gasteiger partial charge in [-0.1, -0.05) is 13.8 Å². The lowest BCUT2D eigenvalue weighted by atomic mass is 9.92. The van der Waals surface area contributed by atoms with Crippen molar-refractivity contribution in [2.24, 2.45) is 11.8 Å². The second kappa shape index (κ2) is 2.91. The van der Waals surface area contributed by atoms with Crippen LogP contribution in [0.3, 0.4) is 0 Å². The van der Waals surface area contributed by atoms with E-state index in [9.17, 15) is 9.90 Å². The topological polar surface area (TPSA) is 57.5 Å². The molecule has 0 aromatic rings. The lowest BCUT2D eigenvalue weighted by Gasteiger charge is -2.15. The maximum atomic E-state index is 10.9. The van der Waals surface area contributed by atoms with Crippen molar-refractivity contribution >= 4 is 5.78 Å². The molecule has 3 nitrogen and oxygen atoms in total. The van der Waals surface area contributed by atoms with E-state index in [1.807, 2.05) is 13.8 Å². The van der Waals surface area contributed by atoms with Gasteiger partial charge in [-0.05, 0) is 18.3 Å². The summed E-state index contributed by atoms with van der Waals surface area (Å²) < 4.78 is 0. The largest absolute Gasteiger partial charge is 0.385 e. The average molecular weight is 158 g/mol. The highest BCUT2D eigenvalue weighted by atomic mass is 16.3. The Balaban J connectivity index is 2.67. The van der Waals surface area contributed by atoms with Gasteiger partial charge in [-0.3, -0.25) is 4.79 Å². The zero-order valence-electron chi connectivity index (χ0n) is 6.82. The van der Waals surface area contributed by atoms with E-state index >= 15 is 0 Å². The number of Topliss-reactive ketones (excluding diaryl/α,β-unsaturated/α-hetero) is 1. The Morgan fingerprint density at radius 3 is 2.18 bits per heavy atom. The molecule has 1 aliphatic rings. The number of rotatable bonds is 1. The van der Waals surface area contributed by atoms with Gasteiger partial charge in [-0.25, -0.2) is 0 Å². The van der Waals surface area contributed by atoms with E-state index < -0.39 is 18.0 Å². The molecule has 0 saturated heterocycles. The monoisotopic (exact) mass is 158 g/mol. The molecular formula is C8H14O3. The highest BCUT2D eigenvalue weighted by molar-refractivity contribution is 5.89. The van der Waals surface area contributed by atoms with E-state index in [0.717, 1.165) is 0 Å². The first-order valence-electron chi connectivity index (χ1n) is 3.94. The van der Waals surface area contributed by atoms with E-state index in [4.69, 9.17) is 5.11 Å². The summed E-state index contributed by atoms with van der Waals surface area (Å²) in [4.78, 5) is 10.9. The maximum absolute atomic E-state index is 10.9. The third-order valence-electron chi connectivity index (χ3n) is 2.38. The molecule has 0 amide bonds. The Labute approximate surface area is 66.0 Å². The maximum Gasteiger partial charge on any atom is 0.189 e. The van der Waals surface area contributed by atoms with Crippen LogP contribution in [0, 0.1) is 11.8 Å². The molecule has 64 valence electrons. The Morgan fingerprint density at radius 1 is 1.45 bits per heavy atom. The Kier molecular flexibility index (Phi) is 2.30. The standard InChI is InChI=1S/C8H14O3/c1-4(2)5-3-6(9)8(11)7(5)10/h4-7,9-10H,3H2,1-2H3. The quantitative estimate of drug-likeness (QED) is 0.562. The minimum absolute atomic E-state index is 0.0579. The summed E-state index contributed by atoms with van der Waals surface area (Å²) in [5, 5.41) is 18.4. The number of hydrogen-bond acceptors (Lipinski definition) is 3. The molecular weight excluding hydrogens is 144 g/mol. The predicted molar refractivity (Wildman–Crippen MR) is 40.0 cm³/mol. The first kappa shape index (κ1) is 8.68. The van der Waals surface area contributed by atoms with Crippen LogP contribution < -0.4 is 0 Å². The van der Waals surface area contributed by atoms with Gasteiger partial charge in [0.25, 0.3) is 0 Å². The summed E-state index contributed by atoms with van der Waals surface area (Å²) in [6.07, 6.45) is -1.46. The number of ketones is 1. The highest BCUT2D eigenvalue weighted by Crippen LogP contribution is 2.29. The molecule has 1 rings (SSSR count). The fourth-order valence-electron chi connectivity index (χ4n) is 1.55. The summed E-state index contributed by atoms with van der Waals surface area (Å²) in [6.45, 7) is 3.89. The first-order chi connectivity index (χ1) is 5.04. The van der Waals surface area contributed by atoms with Gasteiger partial charge in [-0.2, -0.15) is 0 Å². The normalized spacial score (nSPS) is 38.6. The number of hydrogen-bond donors (Lipinski definition) is 2. The van der Waals surface area contributed by atoms with Crippen molar-refractivity contribution in [3.63, 3.8) is 0 Å². The summed E-state index contributed by atoms with van der Waals surface area (Å²) in [5.74, 6) is -0.215. The van der Waals surface area contributed by atoms with Gasteiger partial charge < -0.3 is 10.2 Å². The summed E-state index contributed by atoms with van der Waals surface area (Å²) >= 11 is 0. The predicted octanol–water partition coefficient (Wildman–Crippen LogP) is -0.0468. The summed E-state index contributed by atoms with van der Waals surface area (Å²) in [5.41, 5.74) is 0. The van der Waals surface area contributed by atoms with Crippen LogP contribution in [-0.4, -0.2) is 28.2 Å². The zero-order valence-corrected chi connectivity index (χ0v) is 6.82. The zero-order chi connectivity index (χ0) is 8.59. The average Bonchev–Trinajstić information content (AvgIpc) is 2.17. The number of carbonyl (C=O) groups is 1. The molecule has 0 aliphatic heterocycles. The van der Waals surface area contributed by atoms with E-state index in [1.165, 1.54) is 0 Å². The second-order valence-corrected chi connectivity index (χ2v) is 3.51. The molecule has 2 N–H and O–H groups in total. The van der Waals surface area contributed by atoms with Gasteiger partial charge in [0.15, 0.2) is 5.78 Å². The van der Waals surface area contributed by atoms with E-state index in [2.05, 4.69) is 0 Å². The molecule has 0 radical (unpaired) electrons. The molecule has 11 heavy (non-hydrogen) atoms. The molecule has 0 aromatic heterocycles. The number of aliphatic hydroxyl groups excluding tert-OH is 2. The fraction of sp³-hybridized carbons (Fsp3) is 0.875. The van der Waals surface area contributed by atoms with E-state index in [-0.39, 0.29) is 11.8 Å². The van der Waals surface area contributed by atoms with Crippen LogP contribution >= 0.6 is 0 Å². The van der Waals surface area contributed by atoms with Crippen LogP contribution in [0.4, 0.5) is 0 Å². The Bertz CT molecular complexity index is 165. The lowest BCUT2D eigenvalue weighted by molar-refractivity contribution is -0.131. The van der Waals surface area contributed by atoms with Crippen molar-refractivity contribution < 1.29 is 15.0 Å². The molecule has 1 fully saturated rings. The Morgan fingerprint density at radius 2 is 2.00 bits per heavy atom. The van der Waals surface area contributed by atoms with Gasteiger partial charge in [0.2, 0.25) is 0 Å². The van der Waals surface area contributed by atoms with Crippen molar-refractivity contribution in [2.75, 3.05) is 0 Å². The van der Waals surface area contributed by atoms with Crippen LogP contribution in [0.15, 0.2) is 0 Å². The molecule has 1 saturated carbocycles. The summed E-state index contributed by atoms with van der Waals surface area (Å²) in [7, 11) is 0. The Hall–Kier alpha value is -0.410. The number of carbonyl (C=O) groups excluding carboxylic acids is 1. The first-order valence-corrected chi connectivity index (χ1v) is 3.94. The molecule has 3 unspecified atom stereocenters. The second-order valence-electron chi connectivity index (χ2n) is 3.51. The smallest absolute Gasteiger partial charge is 0.189 e. The third-order valence-corrected chi connectivity index (χ3v) is 2.38. The SMILES string of the molecule is CC(C)C1CC(O)C(=O)C1O. The van der Waals surface area contributed by atoms with Crippen molar-refractivity contribution in [3.8, 4) is 0 Å². The van der Waals surface area contributed by atoms with Crippen LogP contribution in [0.2, 0.25) is 0 Å². The van der Waals surface area contributed by atoms with Gasteiger partial charge in [0.1, 0.15) is 12.2 Å². The van der Waals surface area contributed by atoms with Crippen molar-refractivity contribution in [3.05, 3.63) is 0 Å². The highest BCUT2D eigenvalue weighted by Gasteiger charge is 2.41. The lowest BCUT2D eigenvalue weighted by Crippen LogP contribution is -2.26. The van der Waals surface area contributed by atoms with Crippen LogP contribution in [0.1, 0.15) is 20.3 Å². The molecule has 0 heterocycles. The van der Waals surface area contributed by atoms with Crippen LogP contribution in [0.5, 0.6) is 0 Å². The molecule has 0 aromatic carbocycles. The molecule has 0 bridgehead atoms. The van der Waals surface area contributed by atoms with E-state index in [0.29, 0.717) is 6.42 Å². The summed E-state index contributed by atoms with van der Waals surface area (Å²) in [6, 6.07) is 0. The molecule has 0 spiro atoms. The minimum Gasteiger partial charge on any atom is -0.385 e. The molecule has 3 heteroatoms. The fourth-order valence-corrected chi connectivity index (χ4v) is 1.55. The van der Waals surface area contributed by atoms with Crippen molar-refractivity contribution in [1.82, 2.24) is 0 Å². The van der Waals surface area contributed by atoms with Crippen LogP contribution in [0.25, 0.3) is 0 Å². The van der Waals surface area contributed by atoms with Gasteiger partial charge in [0, 0.05) is 0 Å². The molecule has 1 aliphatic carbocycles.